The lowest BCUT2D eigenvalue weighted by molar-refractivity contribution is 0.0702. The average molecular weight is 292 g/mol. The zero-order valence-corrected chi connectivity index (χ0v) is 14.3. The van der Waals surface area contributed by atoms with E-state index in [4.69, 9.17) is 10.5 Å². The summed E-state index contributed by atoms with van der Waals surface area (Å²) in [6.45, 7) is 10.4. The van der Waals surface area contributed by atoms with E-state index in [1.54, 1.807) is 7.11 Å². The monoisotopic (exact) mass is 292 g/mol. The molecule has 0 spiro atoms. The minimum atomic E-state index is 0.0873. The Balaban J connectivity index is 3.12. The second-order valence-electron chi connectivity index (χ2n) is 5.92. The molecule has 1 rings (SSSR count). The van der Waals surface area contributed by atoms with Crippen molar-refractivity contribution in [1.82, 2.24) is 4.90 Å². The lowest BCUT2D eigenvalue weighted by Crippen LogP contribution is -2.46. The van der Waals surface area contributed by atoms with Crippen LogP contribution >= 0.6 is 0 Å². The fraction of sp³-hybridized carbons (Fsp3) is 0.667. The topological polar surface area (TPSA) is 38.5 Å². The van der Waals surface area contributed by atoms with Crippen LogP contribution in [-0.2, 0) is 4.74 Å². The quantitative estimate of drug-likeness (QED) is 0.757. The Bertz CT molecular complexity index is 402. The molecule has 0 aliphatic carbocycles. The van der Waals surface area contributed by atoms with Gasteiger partial charge in [0.25, 0.3) is 0 Å². The van der Waals surface area contributed by atoms with Crippen molar-refractivity contribution in [2.24, 2.45) is 5.73 Å². The first-order valence-electron chi connectivity index (χ1n) is 8.11. The van der Waals surface area contributed by atoms with Crippen LogP contribution in [0.5, 0.6) is 0 Å². The van der Waals surface area contributed by atoms with Crippen LogP contribution in [0.25, 0.3) is 0 Å². The average Bonchev–Trinajstić information content (AvgIpc) is 2.45. The van der Waals surface area contributed by atoms with E-state index < -0.39 is 0 Å². The van der Waals surface area contributed by atoms with E-state index in [0.29, 0.717) is 6.04 Å². The minimum Gasteiger partial charge on any atom is -0.383 e. The Morgan fingerprint density at radius 2 is 1.90 bits per heavy atom. The molecule has 0 aromatic heterocycles. The Hall–Kier alpha value is -0.900. The van der Waals surface area contributed by atoms with Gasteiger partial charge in [-0.15, -0.1) is 0 Å². The van der Waals surface area contributed by atoms with E-state index >= 15 is 0 Å². The van der Waals surface area contributed by atoms with Gasteiger partial charge >= 0.3 is 0 Å². The predicted octanol–water partition coefficient (Wildman–Crippen LogP) is 3.52. The Labute approximate surface area is 130 Å². The zero-order chi connectivity index (χ0) is 15.8. The summed E-state index contributed by atoms with van der Waals surface area (Å²) in [5.41, 5.74) is 8.96. The molecule has 0 radical (unpaired) electrons. The smallest absolute Gasteiger partial charge is 0.0590 e. The molecule has 21 heavy (non-hydrogen) atoms. The summed E-state index contributed by atoms with van der Waals surface area (Å²) < 4.78 is 5.32. The summed E-state index contributed by atoms with van der Waals surface area (Å²) in [6, 6.07) is 9.59. The normalized spacial score (nSPS) is 14.7. The van der Waals surface area contributed by atoms with Crippen molar-refractivity contribution in [1.29, 1.82) is 0 Å². The highest BCUT2D eigenvalue weighted by molar-refractivity contribution is 5.26. The van der Waals surface area contributed by atoms with E-state index in [9.17, 15) is 0 Å². The molecule has 2 atom stereocenters. The molecule has 0 fully saturated rings. The van der Waals surface area contributed by atoms with Crippen molar-refractivity contribution in [2.75, 3.05) is 20.3 Å². The van der Waals surface area contributed by atoms with Gasteiger partial charge in [-0.2, -0.15) is 0 Å². The third kappa shape index (κ3) is 5.10. The summed E-state index contributed by atoms with van der Waals surface area (Å²) in [7, 11) is 1.76. The summed E-state index contributed by atoms with van der Waals surface area (Å²) in [6.07, 6.45) is 2.27. The van der Waals surface area contributed by atoms with Gasteiger partial charge in [0.15, 0.2) is 0 Å². The maximum atomic E-state index is 6.36. The first kappa shape index (κ1) is 18.1. The maximum Gasteiger partial charge on any atom is 0.0590 e. The maximum absolute atomic E-state index is 6.36. The van der Waals surface area contributed by atoms with Crippen LogP contribution in [0, 0.1) is 6.92 Å². The SMILES string of the molecule is CCC(CC)N(CCOC)C(c1cccc(C)c1)C(C)N. The summed E-state index contributed by atoms with van der Waals surface area (Å²) in [5.74, 6) is 0. The van der Waals surface area contributed by atoms with Gasteiger partial charge in [-0.05, 0) is 32.3 Å². The summed E-state index contributed by atoms with van der Waals surface area (Å²) >= 11 is 0. The zero-order valence-electron chi connectivity index (χ0n) is 14.3. The molecule has 0 saturated carbocycles. The fourth-order valence-electron chi connectivity index (χ4n) is 3.15. The third-order valence-electron chi connectivity index (χ3n) is 4.20. The molecule has 0 heterocycles. The number of benzene rings is 1. The molecule has 0 bridgehead atoms. The van der Waals surface area contributed by atoms with Crippen molar-refractivity contribution in [2.45, 2.75) is 58.7 Å². The van der Waals surface area contributed by atoms with E-state index in [-0.39, 0.29) is 12.1 Å². The molecule has 0 amide bonds. The molecule has 2 unspecified atom stereocenters. The van der Waals surface area contributed by atoms with Crippen LogP contribution in [0.1, 0.15) is 50.8 Å². The van der Waals surface area contributed by atoms with Crippen molar-refractivity contribution in [3.05, 3.63) is 35.4 Å². The number of nitrogens with two attached hydrogens (primary N) is 1. The Kier molecular flexibility index (Phi) is 7.94. The minimum absolute atomic E-state index is 0.0873. The van der Waals surface area contributed by atoms with Gasteiger partial charge in [-0.1, -0.05) is 43.7 Å². The lowest BCUT2D eigenvalue weighted by Gasteiger charge is -2.40. The number of nitrogens with zero attached hydrogens (tertiary/aromatic N) is 1. The van der Waals surface area contributed by atoms with Gasteiger partial charge in [0, 0.05) is 31.8 Å². The van der Waals surface area contributed by atoms with Crippen LogP contribution in [0.2, 0.25) is 0 Å². The molecule has 120 valence electrons. The molecule has 3 heteroatoms. The van der Waals surface area contributed by atoms with E-state index in [0.717, 1.165) is 26.0 Å². The number of hydrogen-bond acceptors (Lipinski definition) is 3. The first-order chi connectivity index (χ1) is 10.0. The number of methoxy groups -OCH3 is 1. The van der Waals surface area contributed by atoms with E-state index in [2.05, 4.69) is 56.9 Å². The Morgan fingerprint density at radius 1 is 1.24 bits per heavy atom. The highest BCUT2D eigenvalue weighted by Crippen LogP contribution is 2.28. The first-order valence-corrected chi connectivity index (χ1v) is 8.11. The standard InChI is InChI=1S/C18H32N2O/c1-6-17(7-2)20(11-12-21-5)18(15(4)19)16-10-8-9-14(3)13-16/h8-10,13,15,17-18H,6-7,11-12,19H2,1-5H3. The predicted molar refractivity (Wildman–Crippen MR) is 90.5 cm³/mol. The van der Waals surface area contributed by atoms with Crippen LogP contribution in [0.3, 0.4) is 0 Å². The van der Waals surface area contributed by atoms with E-state index in [1.807, 2.05) is 0 Å². The number of rotatable bonds is 9. The van der Waals surface area contributed by atoms with Crippen molar-refractivity contribution in [3.8, 4) is 0 Å². The Morgan fingerprint density at radius 3 is 2.38 bits per heavy atom. The van der Waals surface area contributed by atoms with Gasteiger partial charge in [-0.25, -0.2) is 0 Å². The van der Waals surface area contributed by atoms with Crippen molar-refractivity contribution >= 4 is 0 Å². The second kappa shape index (κ2) is 9.19. The number of ether oxygens (including phenoxy) is 1. The molecule has 2 N–H and O–H groups in total. The van der Waals surface area contributed by atoms with Gasteiger partial charge in [-0.3, -0.25) is 4.90 Å². The molecule has 3 nitrogen and oxygen atoms in total. The third-order valence-corrected chi connectivity index (χ3v) is 4.20. The van der Waals surface area contributed by atoms with Crippen molar-refractivity contribution < 1.29 is 4.74 Å². The number of hydrogen-bond donors (Lipinski definition) is 1. The molecular formula is C18H32N2O. The highest BCUT2D eigenvalue weighted by atomic mass is 16.5. The molecule has 0 aliphatic heterocycles. The van der Waals surface area contributed by atoms with Crippen LogP contribution in [-0.4, -0.2) is 37.2 Å². The van der Waals surface area contributed by atoms with Crippen LogP contribution in [0.4, 0.5) is 0 Å². The summed E-state index contributed by atoms with van der Waals surface area (Å²) in [4.78, 5) is 2.53. The molecule has 0 aliphatic rings. The molecule has 1 aromatic carbocycles. The highest BCUT2D eigenvalue weighted by Gasteiger charge is 2.28. The van der Waals surface area contributed by atoms with Crippen LogP contribution < -0.4 is 5.73 Å². The summed E-state index contributed by atoms with van der Waals surface area (Å²) in [5, 5.41) is 0. The molecule has 1 aromatic rings. The van der Waals surface area contributed by atoms with E-state index in [1.165, 1.54) is 11.1 Å². The second-order valence-corrected chi connectivity index (χ2v) is 5.92. The van der Waals surface area contributed by atoms with Gasteiger partial charge < -0.3 is 10.5 Å². The molecular weight excluding hydrogens is 260 g/mol. The van der Waals surface area contributed by atoms with Crippen LogP contribution in [0.15, 0.2) is 24.3 Å². The van der Waals surface area contributed by atoms with Gasteiger partial charge in [0.2, 0.25) is 0 Å². The fourth-order valence-corrected chi connectivity index (χ4v) is 3.15. The molecule has 0 saturated heterocycles. The van der Waals surface area contributed by atoms with Crippen molar-refractivity contribution in [3.63, 3.8) is 0 Å². The van der Waals surface area contributed by atoms with Gasteiger partial charge in [0.1, 0.15) is 0 Å². The number of aryl methyl sites for hydroxylation is 1. The lowest BCUT2D eigenvalue weighted by atomic mass is 9.95. The largest absolute Gasteiger partial charge is 0.383 e. The van der Waals surface area contributed by atoms with Gasteiger partial charge in [0.05, 0.1) is 6.61 Å².